The lowest BCUT2D eigenvalue weighted by Gasteiger charge is -2.50. The number of ether oxygens (including phenoxy) is 1. The predicted molar refractivity (Wildman–Crippen MR) is 274 cm³/mol. The summed E-state index contributed by atoms with van der Waals surface area (Å²) in [7, 11) is 0. The molecule has 7 rings (SSSR count). The summed E-state index contributed by atoms with van der Waals surface area (Å²) >= 11 is 28.5. The smallest absolute Gasteiger partial charge is 0.309 e. The Labute approximate surface area is 423 Å². The van der Waals surface area contributed by atoms with Crippen LogP contribution in [0.2, 0.25) is 20.1 Å². The molecule has 2 saturated carbocycles. The van der Waals surface area contributed by atoms with Crippen LogP contribution in [0, 0.1) is 40.9 Å². The van der Waals surface area contributed by atoms with Crippen LogP contribution in [0.1, 0.15) is 178 Å². The molecule has 3 aromatic carbocycles. The number of hydrogen-bond donors (Lipinski definition) is 1. The summed E-state index contributed by atoms with van der Waals surface area (Å²) in [6.45, 7) is 17.4. The minimum Gasteiger partial charge on any atom is -0.481 e. The van der Waals surface area contributed by atoms with E-state index in [-0.39, 0.29) is 42.4 Å². The number of unbranched alkanes of at least 4 members (excludes halogenated alkanes) is 2. The summed E-state index contributed by atoms with van der Waals surface area (Å²) in [6, 6.07) is 11.7. The van der Waals surface area contributed by atoms with Gasteiger partial charge in [0.2, 0.25) is 11.8 Å². The van der Waals surface area contributed by atoms with Crippen molar-refractivity contribution in [2.24, 2.45) is 17.3 Å². The Morgan fingerprint density at radius 2 is 1.18 bits per heavy atom. The van der Waals surface area contributed by atoms with Crippen molar-refractivity contribution in [3.05, 3.63) is 89.9 Å². The maximum Gasteiger partial charge on any atom is 0.309 e. The molecule has 3 aromatic rings. The van der Waals surface area contributed by atoms with Gasteiger partial charge in [-0.25, -0.2) is 0 Å². The highest BCUT2D eigenvalue weighted by Gasteiger charge is 2.58. The molecule has 0 aromatic heterocycles. The fourth-order valence-electron chi connectivity index (χ4n) is 12.4. The first-order valence-corrected chi connectivity index (χ1v) is 25.7. The number of rotatable bonds is 11. The summed E-state index contributed by atoms with van der Waals surface area (Å²) in [5, 5.41) is 12.6. The maximum absolute atomic E-state index is 14.4. The second kappa shape index (κ2) is 20.3. The molecular weight excluding hydrogens is 938 g/mol. The number of nitrogens with zero attached hydrogens (tertiary/aromatic N) is 2. The van der Waals surface area contributed by atoms with Gasteiger partial charge in [0.05, 0.1) is 26.8 Å². The molecule has 0 spiro atoms. The number of carboxylic acids is 1. The number of amides is 2. The average molecular weight is 1000 g/mol. The van der Waals surface area contributed by atoms with E-state index >= 15 is 0 Å². The third-order valence-corrected chi connectivity index (χ3v) is 17.5. The molecule has 2 fully saturated rings. The maximum atomic E-state index is 14.4. The van der Waals surface area contributed by atoms with Gasteiger partial charge < -0.3 is 19.6 Å². The first kappa shape index (κ1) is 51.7. The van der Waals surface area contributed by atoms with E-state index in [0.29, 0.717) is 96.0 Å². The van der Waals surface area contributed by atoms with Crippen molar-refractivity contribution in [1.29, 1.82) is 0 Å². The van der Waals surface area contributed by atoms with Gasteiger partial charge in [0, 0.05) is 71.3 Å². The summed E-state index contributed by atoms with van der Waals surface area (Å²) in [6.07, 6.45) is 6.69. The van der Waals surface area contributed by atoms with Crippen LogP contribution in [0.3, 0.4) is 0 Å². The monoisotopic (exact) mass is 1000 g/mol. The Hall–Kier alpha value is -4.18. The highest BCUT2D eigenvalue weighted by Crippen LogP contribution is 2.61. The number of fused-ring (bicyclic) bond motifs is 6. The molecule has 6 atom stereocenters. The van der Waals surface area contributed by atoms with Crippen molar-refractivity contribution >= 4 is 82.0 Å². The molecule has 4 aliphatic rings. The van der Waals surface area contributed by atoms with Gasteiger partial charge in [-0.05, 0) is 128 Å². The van der Waals surface area contributed by atoms with Gasteiger partial charge in [-0.2, -0.15) is 0 Å². The van der Waals surface area contributed by atoms with Gasteiger partial charge in [-0.15, -0.1) is 0 Å². The molecule has 362 valence electrons. The quantitative estimate of drug-likeness (QED) is 0.117. The van der Waals surface area contributed by atoms with Crippen LogP contribution in [0.15, 0.2) is 36.4 Å². The van der Waals surface area contributed by atoms with E-state index in [2.05, 4.69) is 37.5 Å². The van der Waals surface area contributed by atoms with Crippen molar-refractivity contribution < 1.29 is 29.0 Å². The Morgan fingerprint density at radius 1 is 0.735 bits per heavy atom. The van der Waals surface area contributed by atoms with Crippen molar-refractivity contribution in [2.75, 3.05) is 22.9 Å². The molecule has 1 N–H and O–H groups in total. The topological polar surface area (TPSA) is 104 Å². The standard InChI is InChI=1S/C56H64Cl4N2O6/c1-34(2)46-40(57)29-38-50(48(46)59)61(44(64)31-42-53(38,5)23-17-25-55(42,7)52(66)67)27-15-9-11-19-36-21-13-14-22-37(36)20-12-10-16-28-62-45(65)32-43-54(6,24-18-26-56(43,8)68-33-63)39-30-41(58)47(35(3)4)49(60)51(39)62/h13-14,21-22,29-30,33-35,42-43H,9-10,15-18,23-28,31-32H2,1-8H3,(H,66,67)/t42-,43-,53-,54-,55-,56-/m1/s1. The van der Waals surface area contributed by atoms with Gasteiger partial charge in [-0.3, -0.25) is 19.2 Å². The van der Waals surface area contributed by atoms with E-state index in [4.69, 9.17) is 51.1 Å². The van der Waals surface area contributed by atoms with Crippen LogP contribution in [0.4, 0.5) is 11.4 Å². The van der Waals surface area contributed by atoms with Gasteiger partial charge >= 0.3 is 5.97 Å². The second-order valence-corrected chi connectivity index (χ2v) is 22.6. The van der Waals surface area contributed by atoms with E-state index in [1.807, 2.05) is 75.9 Å². The minimum absolute atomic E-state index is 0.00356. The van der Waals surface area contributed by atoms with Crippen LogP contribution < -0.4 is 9.80 Å². The lowest BCUT2D eigenvalue weighted by molar-refractivity contribution is -0.159. The lowest BCUT2D eigenvalue weighted by Crippen LogP contribution is -2.52. The molecule has 2 heterocycles. The molecule has 68 heavy (non-hydrogen) atoms. The third kappa shape index (κ3) is 9.30. The number of anilines is 2. The number of hydrogen-bond acceptors (Lipinski definition) is 5. The van der Waals surface area contributed by atoms with Gasteiger partial charge in [0.25, 0.3) is 6.47 Å². The summed E-state index contributed by atoms with van der Waals surface area (Å²) < 4.78 is 5.79. The van der Waals surface area contributed by atoms with Crippen LogP contribution in [-0.4, -0.2) is 48.1 Å². The van der Waals surface area contributed by atoms with Crippen molar-refractivity contribution in [1.82, 2.24) is 0 Å². The molecule has 2 aliphatic heterocycles. The Kier molecular flexibility index (Phi) is 15.4. The van der Waals surface area contributed by atoms with Crippen molar-refractivity contribution in [3.63, 3.8) is 0 Å². The zero-order valence-corrected chi connectivity index (χ0v) is 43.7. The summed E-state index contributed by atoms with van der Waals surface area (Å²) in [5.41, 5.74) is 3.24. The molecular formula is C56H64Cl4N2O6. The SMILES string of the molecule is CC(C)c1c(Cl)cc2c(c1Cl)N(CCCC#Cc1ccccc1C#CCCCN1C(=O)C[C@H]3[C@](C)(C(=O)O)CCC[C@]3(C)c3cc(Cl)c(C(C)C)c(Cl)c31)C(=O)C[C@H]1[C@](C)(OC=O)CCC[C@]21C. The zero-order valence-electron chi connectivity index (χ0n) is 40.6. The third-order valence-electron chi connectivity index (χ3n) is 16.1. The molecule has 8 nitrogen and oxygen atoms in total. The van der Waals surface area contributed by atoms with E-state index in [9.17, 15) is 24.3 Å². The Bertz CT molecular complexity index is 2640. The Morgan fingerprint density at radius 3 is 1.62 bits per heavy atom. The van der Waals surface area contributed by atoms with Gasteiger partial charge in [-0.1, -0.05) is 130 Å². The van der Waals surface area contributed by atoms with Crippen LogP contribution in [-0.2, 0) is 34.7 Å². The number of carboxylic acid groups (broad SMARTS) is 1. The van der Waals surface area contributed by atoms with Crippen LogP contribution in [0.25, 0.3) is 0 Å². The first-order chi connectivity index (χ1) is 32.1. The van der Waals surface area contributed by atoms with Gasteiger partial charge in [0.1, 0.15) is 5.60 Å². The second-order valence-electron chi connectivity index (χ2n) is 21.0. The van der Waals surface area contributed by atoms with E-state index in [1.54, 1.807) is 11.8 Å². The molecule has 2 aliphatic carbocycles. The van der Waals surface area contributed by atoms with Crippen molar-refractivity contribution in [3.8, 4) is 23.7 Å². The van der Waals surface area contributed by atoms with Crippen molar-refractivity contribution in [2.45, 2.75) is 161 Å². The fraction of sp³-hybridized carbons (Fsp3) is 0.536. The fourth-order valence-corrected chi connectivity index (χ4v) is 14.4. The largest absolute Gasteiger partial charge is 0.481 e. The van der Waals surface area contributed by atoms with E-state index in [0.717, 1.165) is 52.6 Å². The molecule has 0 unspecified atom stereocenters. The number of carbonyl (C=O) groups excluding carboxylic acids is 3. The van der Waals surface area contributed by atoms with Gasteiger partial charge in [0.15, 0.2) is 0 Å². The molecule has 0 radical (unpaired) electrons. The number of benzene rings is 3. The number of carbonyl (C=O) groups is 4. The molecule has 0 bridgehead atoms. The average Bonchev–Trinajstić information content (AvgIpc) is 3.42. The predicted octanol–water partition coefficient (Wildman–Crippen LogP) is 13.8. The molecule has 0 saturated heterocycles. The van der Waals surface area contributed by atoms with E-state index in [1.165, 1.54) is 0 Å². The highest BCUT2D eigenvalue weighted by atomic mass is 35.5. The van der Waals surface area contributed by atoms with Crippen LogP contribution in [0.5, 0.6) is 0 Å². The molecule has 12 heteroatoms. The minimum atomic E-state index is -1.08. The Balaban J connectivity index is 1.08. The first-order valence-electron chi connectivity index (χ1n) is 24.2. The number of aliphatic carboxylic acids is 1. The molecule has 2 amide bonds. The van der Waals surface area contributed by atoms with Crippen LogP contribution >= 0.6 is 46.4 Å². The highest BCUT2D eigenvalue weighted by molar-refractivity contribution is 6.39. The normalized spacial score (nSPS) is 26.6. The number of halogens is 4. The summed E-state index contributed by atoms with van der Waals surface area (Å²) in [4.78, 5) is 57.0. The zero-order chi connectivity index (χ0) is 49.5. The lowest BCUT2D eigenvalue weighted by atomic mass is 9.53. The van der Waals surface area contributed by atoms with E-state index < -0.39 is 33.7 Å². The summed E-state index contributed by atoms with van der Waals surface area (Å²) in [5.74, 6) is 11.5.